The second kappa shape index (κ2) is 3.91. The van der Waals surface area contributed by atoms with Crippen LogP contribution in [0.15, 0.2) is 0 Å². The van der Waals surface area contributed by atoms with Gasteiger partial charge in [0, 0.05) is 0 Å². The Kier molecular flexibility index (Phi) is 3.46. The maximum atomic E-state index is 10.4. The van der Waals surface area contributed by atoms with E-state index in [0.717, 1.165) is 0 Å². The molecular formula is C4H7N3O2. The third kappa shape index (κ3) is 2.71. The average molecular weight is 129 g/mol. The molecule has 0 aromatic rings. The Morgan fingerprint density at radius 3 is 2.89 bits per heavy atom. The van der Waals surface area contributed by atoms with Crippen molar-refractivity contribution < 1.29 is 14.7 Å². The molecule has 0 fully saturated rings. The zero-order valence-electron chi connectivity index (χ0n) is 4.69. The van der Waals surface area contributed by atoms with Gasteiger partial charge in [-0.3, -0.25) is 4.79 Å². The summed E-state index contributed by atoms with van der Waals surface area (Å²) in [7, 11) is 0. The molecule has 0 aliphatic carbocycles. The molecule has 0 rings (SSSR count). The molecule has 5 nitrogen and oxygen atoms in total. The SMILES string of the molecule is [N-]=[N+]=CC(=O)[C@H](N)CO. The van der Waals surface area contributed by atoms with Crippen molar-refractivity contribution >= 4 is 12.0 Å². The fourth-order valence-corrected chi connectivity index (χ4v) is 0.243. The summed E-state index contributed by atoms with van der Waals surface area (Å²) in [5, 5.41) is 8.24. The van der Waals surface area contributed by atoms with Crippen LogP contribution in [0.25, 0.3) is 5.53 Å². The molecule has 0 aliphatic heterocycles. The van der Waals surface area contributed by atoms with Crippen molar-refractivity contribution in [2.75, 3.05) is 6.61 Å². The van der Waals surface area contributed by atoms with Crippen molar-refractivity contribution in [3.63, 3.8) is 0 Å². The van der Waals surface area contributed by atoms with Crippen LogP contribution in [-0.4, -0.2) is 34.5 Å². The Morgan fingerprint density at radius 2 is 2.56 bits per heavy atom. The van der Waals surface area contributed by atoms with E-state index in [-0.39, 0.29) is 0 Å². The standard InChI is InChI=1S/C4H7N3O2/c5-3(2-8)4(9)1-7-6/h1,3,8H,2,5H2/t3-/m1/s1. The van der Waals surface area contributed by atoms with Crippen LogP contribution >= 0.6 is 0 Å². The van der Waals surface area contributed by atoms with Crippen LogP contribution in [-0.2, 0) is 4.79 Å². The molecule has 0 amide bonds. The first-order valence-corrected chi connectivity index (χ1v) is 2.30. The van der Waals surface area contributed by atoms with Crippen LogP contribution in [0.4, 0.5) is 0 Å². The quantitative estimate of drug-likeness (QED) is 0.266. The zero-order valence-corrected chi connectivity index (χ0v) is 4.69. The van der Waals surface area contributed by atoms with E-state index in [9.17, 15) is 4.79 Å². The average Bonchev–Trinajstić information content (AvgIpc) is 1.87. The van der Waals surface area contributed by atoms with Crippen LogP contribution in [0.1, 0.15) is 0 Å². The highest BCUT2D eigenvalue weighted by atomic mass is 16.3. The number of hydrogen-bond donors (Lipinski definition) is 2. The van der Waals surface area contributed by atoms with Gasteiger partial charge in [-0.25, -0.2) is 0 Å². The third-order valence-corrected chi connectivity index (χ3v) is 0.747. The fourth-order valence-electron chi connectivity index (χ4n) is 0.243. The summed E-state index contributed by atoms with van der Waals surface area (Å²) < 4.78 is 0. The fraction of sp³-hybridized carbons (Fsp3) is 0.500. The molecule has 50 valence electrons. The maximum absolute atomic E-state index is 10.4. The summed E-state index contributed by atoms with van der Waals surface area (Å²) >= 11 is 0. The van der Waals surface area contributed by atoms with Gasteiger partial charge in [-0.1, -0.05) is 0 Å². The molecule has 5 heteroatoms. The summed E-state index contributed by atoms with van der Waals surface area (Å²) in [4.78, 5) is 12.8. The van der Waals surface area contributed by atoms with Gasteiger partial charge in [-0.05, 0) is 0 Å². The van der Waals surface area contributed by atoms with Crippen molar-refractivity contribution in [2.24, 2.45) is 5.73 Å². The highest BCUT2D eigenvalue weighted by molar-refractivity contribution is 6.27. The second-order valence-corrected chi connectivity index (χ2v) is 1.44. The predicted molar refractivity (Wildman–Crippen MR) is 29.8 cm³/mol. The van der Waals surface area contributed by atoms with Crippen molar-refractivity contribution in [1.82, 2.24) is 0 Å². The predicted octanol–water partition coefficient (Wildman–Crippen LogP) is -1.82. The Balaban J connectivity index is 3.87. The first-order valence-electron chi connectivity index (χ1n) is 2.30. The lowest BCUT2D eigenvalue weighted by Gasteiger charge is -1.95. The topological polar surface area (TPSA) is 99.7 Å². The maximum Gasteiger partial charge on any atom is 0.324 e. The molecule has 9 heavy (non-hydrogen) atoms. The van der Waals surface area contributed by atoms with Gasteiger partial charge in [0.15, 0.2) is 0 Å². The number of Topliss-reactive ketones (excluding diaryl/α,β-unsaturated/α-hetero) is 1. The molecule has 1 atom stereocenters. The lowest BCUT2D eigenvalue weighted by Crippen LogP contribution is -2.34. The normalized spacial score (nSPS) is 11.8. The van der Waals surface area contributed by atoms with Crippen LogP contribution in [0.5, 0.6) is 0 Å². The first-order chi connectivity index (χ1) is 4.22. The first kappa shape index (κ1) is 7.97. The van der Waals surface area contributed by atoms with Gasteiger partial charge in [0.1, 0.15) is 0 Å². The minimum atomic E-state index is -0.971. The Bertz CT molecular complexity index is 150. The van der Waals surface area contributed by atoms with Crippen molar-refractivity contribution in [1.29, 1.82) is 0 Å². The number of rotatable bonds is 3. The van der Waals surface area contributed by atoms with E-state index >= 15 is 0 Å². The molecule has 0 bridgehead atoms. The van der Waals surface area contributed by atoms with Crippen molar-refractivity contribution in [3.8, 4) is 0 Å². The number of nitrogens with two attached hydrogens (primary N) is 1. The van der Waals surface area contributed by atoms with Gasteiger partial charge in [-0.2, -0.15) is 4.79 Å². The Morgan fingerprint density at radius 1 is 2.00 bits per heavy atom. The molecule has 0 unspecified atom stereocenters. The zero-order chi connectivity index (χ0) is 7.28. The highest BCUT2D eigenvalue weighted by Gasteiger charge is 2.12. The smallest absolute Gasteiger partial charge is 0.324 e. The monoisotopic (exact) mass is 129 g/mol. The van der Waals surface area contributed by atoms with Gasteiger partial charge >= 0.3 is 6.21 Å². The molecular weight excluding hydrogens is 122 g/mol. The third-order valence-electron chi connectivity index (χ3n) is 0.747. The minimum absolute atomic E-state index is 0.440. The summed E-state index contributed by atoms with van der Waals surface area (Å²) in [5.74, 6) is -0.597. The molecule has 0 heterocycles. The van der Waals surface area contributed by atoms with Crippen LogP contribution < -0.4 is 5.73 Å². The van der Waals surface area contributed by atoms with Crippen molar-refractivity contribution in [2.45, 2.75) is 6.04 Å². The van der Waals surface area contributed by atoms with Gasteiger partial charge in [-0.15, -0.1) is 0 Å². The van der Waals surface area contributed by atoms with E-state index in [1.807, 2.05) is 0 Å². The van der Waals surface area contributed by atoms with E-state index in [1.54, 1.807) is 0 Å². The number of ketones is 1. The summed E-state index contributed by atoms with van der Waals surface area (Å²) in [6, 6.07) is -0.971. The molecule has 0 aliphatic rings. The highest BCUT2D eigenvalue weighted by Crippen LogP contribution is 1.73. The molecule has 0 aromatic carbocycles. The number of aliphatic hydroxyl groups is 1. The largest absolute Gasteiger partial charge is 0.394 e. The van der Waals surface area contributed by atoms with E-state index in [1.165, 1.54) is 0 Å². The van der Waals surface area contributed by atoms with E-state index in [2.05, 4.69) is 4.79 Å². The Labute approximate surface area is 51.7 Å². The van der Waals surface area contributed by atoms with Crippen molar-refractivity contribution in [3.05, 3.63) is 5.53 Å². The van der Waals surface area contributed by atoms with Gasteiger partial charge in [0.25, 0.3) is 5.78 Å². The molecule has 0 aromatic heterocycles. The summed E-state index contributed by atoms with van der Waals surface area (Å²) in [6.07, 6.45) is 0.654. The summed E-state index contributed by atoms with van der Waals surface area (Å²) in [5.41, 5.74) is 12.8. The number of nitrogens with zero attached hydrogens (tertiary/aromatic N) is 2. The molecule has 0 spiro atoms. The molecule has 0 saturated heterocycles. The minimum Gasteiger partial charge on any atom is -0.394 e. The van der Waals surface area contributed by atoms with Crippen LogP contribution in [0, 0.1) is 0 Å². The lowest BCUT2D eigenvalue weighted by atomic mass is 10.2. The molecule has 0 radical (unpaired) electrons. The van der Waals surface area contributed by atoms with E-state index < -0.39 is 18.4 Å². The van der Waals surface area contributed by atoms with Crippen LogP contribution in [0.2, 0.25) is 0 Å². The van der Waals surface area contributed by atoms with E-state index in [0.29, 0.717) is 6.21 Å². The second-order valence-electron chi connectivity index (χ2n) is 1.44. The van der Waals surface area contributed by atoms with Gasteiger partial charge < -0.3 is 16.4 Å². The number of hydrogen-bond acceptors (Lipinski definition) is 3. The Hall–Kier alpha value is -1.03. The number of aliphatic hydroxyl groups excluding tert-OH is 1. The van der Waals surface area contributed by atoms with Gasteiger partial charge in [0.05, 0.1) is 12.6 Å². The van der Waals surface area contributed by atoms with E-state index in [4.69, 9.17) is 16.4 Å². The molecule has 0 saturated carbocycles. The molecule has 3 N–H and O–H groups in total. The summed E-state index contributed by atoms with van der Waals surface area (Å²) in [6.45, 7) is -0.440. The van der Waals surface area contributed by atoms with Crippen LogP contribution in [0.3, 0.4) is 0 Å². The lowest BCUT2D eigenvalue weighted by molar-refractivity contribution is -0.117. The number of carbonyl (C=O) groups excluding carboxylic acids is 1. The number of carbonyl (C=O) groups is 1. The van der Waals surface area contributed by atoms with Gasteiger partial charge in [0.2, 0.25) is 0 Å².